The summed E-state index contributed by atoms with van der Waals surface area (Å²) in [5.41, 5.74) is -0.190. The van der Waals surface area contributed by atoms with E-state index in [9.17, 15) is 5.11 Å². The molecule has 0 radical (unpaired) electrons. The van der Waals surface area contributed by atoms with Crippen molar-refractivity contribution in [2.75, 3.05) is 0 Å². The van der Waals surface area contributed by atoms with Crippen molar-refractivity contribution in [1.29, 1.82) is 0 Å². The van der Waals surface area contributed by atoms with Crippen LogP contribution in [-0.4, -0.2) is 22.2 Å². The SMILES string of the molecule is Cl.OC1(c2ncccc2Cl)CC2CCC(C1)N2. The quantitative estimate of drug-likeness (QED) is 0.826. The van der Waals surface area contributed by atoms with Gasteiger partial charge in [-0.15, -0.1) is 12.4 Å². The first-order valence-corrected chi connectivity index (χ1v) is 6.15. The molecule has 0 aliphatic carbocycles. The number of pyridine rings is 1. The van der Waals surface area contributed by atoms with Crippen LogP contribution in [0.1, 0.15) is 31.4 Å². The van der Waals surface area contributed by atoms with Gasteiger partial charge in [0.15, 0.2) is 0 Å². The van der Waals surface area contributed by atoms with Crippen molar-refractivity contribution in [3.05, 3.63) is 29.0 Å². The van der Waals surface area contributed by atoms with Crippen LogP contribution in [0.3, 0.4) is 0 Å². The van der Waals surface area contributed by atoms with E-state index in [2.05, 4.69) is 10.3 Å². The van der Waals surface area contributed by atoms with Crippen molar-refractivity contribution < 1.29 is 5.11 Å². The van der Waals surface area contributed by atoms with Gasteiger partial charge in [-0.05, 0) is 37.8 Å². The summed E-state index contributed by atoms with van der Waals surface area (Å²) in [6, 6.07) is 4.43. The summed E-state index contributed by atoms with van der Waals surface area (Å²) in [6.45, 7) is 0. The second kappa shape index (κ2) is 4.73. The molecule has 1 aromatic heterocycles. The minimum absolute atomic E-state index is 0. The Kier molecular flexibility index (Phi) is 3.64. The number of hydrogen-bond donors (Lipinski definition) is 2. The highest BCUT2D eigenvalue weighted by Gasteiger charge is 2.45. The summed E-state index contributed by atoms with van der Waals surface area (Å²) in [5, 5.41) is 14.8. The summed E-state index contributed by atoms with van der Waals surface area (Å²) in [6.07, 6.45) is 5.44. The van der Waals surface area contributed by atoms with Crippen molar-refractivity contribution >= 4 is 24.0 Å². The zero-order valence-electron chi connectivity index (χ0n) is 9.40. The van der Waals surface area contributed by atoms with Crippen LogP contribution in [0.2, 0.25) is 5.02 Å². The van der Waals surface area contributed by atoms with E-state index in [4.69, 9.17) is 11.6 Å². The van der Waals surface area contributed by atoms with Gasteiger partial charge in [0, 0.05) is 18.3 Å². The molecule has 0 aromatic carbocycles. The van der Waals surface area contributed by atoms with Crippen molar-refractivity contribution in [2.45, 2.75) is 43.4 Å². The van der Waals surface area contributed by atoms with Gasteiger partial charge in [-0.2, -0.15) is 0 Å². The Morgan fingerprint density at radius 1 is 1.35 bits per heavy atom. The fraction of sp³-hybridized carbons (Fsp3) is 0.583. The van der Waals surface area contributed by atoms with Gasteiger partial charge in [0.1, 0.15) is 5.60 Å². The zero-order valence-corrected chi connectivity index (χ0v) is 11.0. The maximum absolute atomic E-state index is 10.7. The van der Waals surface area contributed by atoms with Crippen molar-refractivity contribution in [3.8, 4) is 0 Å². The molecule has 0 spiro atoms. The van der Waals surface area contributed by atoms with Crippen LogP contribution >= 0.6 is 24.0 Å². The fourth-order valence-electron chi connectivity index (χ4n) is 3.04. The number of piperidine rings is 1. The third kappa shape index (κ3) is 2.29. The van der Waals surface area contributed by atoms with Crippen LogP contribution in [0.4, 0.5) is 0 Å². The van der Waals surface area contributed by atoms with E-state index in [1.165, 1.54) is 0 Å². The minimum Gasteiger partial charge on any atom is -0.383 e. The van der Waals surface area contributed by atoms with Gasteiger partial charge >= 0.3 is 0 Å². The number of nitrogens with zero attached hydrogens (tertiary/aromatic N) is 1. The minimum atomic E-state index is -0.838. The van der Waals surface area contributed by atoms with Gasteiger partial charge in [-0.3, -0.25) is 4.98 Å². The number of nitrogens with one attached hydrogen (secondary N) is 1. The Morgan fingerprint density at radius 3 is 2.59 bits per heavy atom. The first-order chi connectivity index (χ1) is 7.67. The van der Waals surface area contributed by atoms with Gasteiger partial charge in [-0.1, -0.05) is 11.6 Å². The average Bonchev–Trinajstić information content (AvgIpc) is 2.59. The second-order valence-corrected chi connectivity index (χ2v) is 5.32. The number of fused-ring (bicyclic) bond motifs is 2. The lowest BCUT2D eigenvalue weighted by Crippen LogP contribution is -2.47. The lowest BCUT2D eigenvalue weighted by Gasteiger charge is -2.37. The van der Waals surface area contributed by atoms with Crippen molar-refractivity contribution in [1.82, 2.24) is 10.3 Å². The Morgan fingerprint density at radius 2 is 2.00 bits per heavy atom. The van der Waals surface area contributed by atoms with Crippen LogP contribution in [0, 0.1) is 0 Å². The first kappa shape index (κ1) is 13.1. The first-order valence-electron chi connectivity index (χ1n) is 5.77. The number of halogens is 2. The van der Waals surface area contributed by atoms with E-state index in [1.54, 1.807) is 18.3 Å². The molecule has 2 aliphatic rings. The number of aromatic nitrogens is 1. The lowest BCUT2D eigenvalue weighted by atomic mass is 9.84. The normalized spacial score (nSPS) is 35.4. The third-order valence-electron chi connectivity index (χ3n) is 3.70. The molecule has 2 aliphatic heterocycles. The summed E-state index contributed by atoms with van der Waals surface area (Å²) in [7, 11) is 0. The summed E-state index contributed by atoms with van der Waals surface area (Å²) < 4.78 is 0. The molecule has 0 saturated carbocycles. The molecule has 3 nitrogen and oxygen atoms in total. The second-order valence-electron chi connectivity index (χ2n) is 4.91. The molecule has 2 atom stereocenters. The smallest absolute Gasteiger partial charge is 0.111 e. The Balaban J connectivity index is 0.00000108. The highest BCUT2D eigenvalue weighted by molar-refractivity contribution is 6.31. The molecule has 0 amide bonds. The molecule has 17 heavy (non-hydrogen) atoms. The van der Waals surface area contributed by atoms with Crippen LogP contribution in [-0.2, 0) is 5.60 Å². The van der Waals surface area contributed by atoms with E-state index in [1.807, 2.05) is 0 Å². The Hall–Kier alpha value is -0.350. The maximum Gasteiger partial charge on any atom is 0.111 e. The molecule has 3 rings (SSSR count). The third-order valence-corrected chi connectivity index (χ3v) is 4.01. The molecule has 2 N–H and O–H groups in total. The molecular formula is C12H16Cl2N2O. The predicted octanol–water partition coefficient (Wildman–Crippen LogP) is 2.26. The van der Waals surface area contributed by atoms with E-state index >= 15 is 0 Å². The zero-order chi connectivity index (χ0) is 11.2. The summed E-state index contributed by atoms with van der Waals surface area (Å²) in [4.78, 5) is 4.26. The fourth-order valence-corrected chi connectivity index (χ4v) is 3.34. The highest BCUT2D eigenvalue weighted by atomic mass is 35.5. The van der Waals surface area contributed by atoms with Gasteiger partial charge in [0.05, 0.1) is 10.7 Å². The summed E-state index contributed by atoms with van der Waals surface area (Å²) >= 11 is 6.12. The van der Waals surface area contributed by atoms with E-state index < -0.39 is 5.60 Å². The molecule has 2 fully saturated rings. The van der Waals surface area contributed by atoms with Gasteiger partial charge in [0.25, 0.3) is 0 Å². The van der Waals surface area contributed by atoms with E-state index in [-0.39, 0.29) is 12.4 Å². The van der Waals surface area contributed by atoms with Crippen LogP contribution < -0.4 is 5.32 Å². The standard InChI is InChI=1S/C12H15ClN2O.ClH/c13-10-2-1-5-14-11(10)12(16)6-8-3-4-9(7-12)15-8;/h1-2,5,8-9,15-16H,3-4,6-7H2;1H. The summed E-state index contributed by atoms with van der Waals surface area (Å²) in [5.74, 6) is 0. The molecule has 2 unspecified atom stereocenters. The van der Waals surface area contributed by atoms with Crippen LogP contribution in [0.25, 0.3) is 0 Å². The van der Waals surface area contributed by atoms with Gasteiger partial charge in [0.2, 0.25) is 0 Å². The maximum atomic E-state index is 10.7. The topological polar surface area (TPSA) is 45.2 Å². The molecule has 94 valence electrons. The molecule has 2 saturated heterocycles. The Labute approximate surface area is 112 Å². The molecule has 3 heterocycles. The molecule has 5 heteroatoms. The number of rotatable bonds is 1. The largest absolute Gasteiger partial charge is 0.383 e. The van der Waals surface area contributed by atoms with Crippen molar-refractivity contribution in [2.24, 2.45) is 0 Å². The Bertz CT molecular complexity index is 401. The van der Waals surface area contributed by atoms with E-state index in [0.29, 0.717) is 22.8 Å². The van der Waals surface area contributed by atoms with Crippen LogP contribution in [0.15, 0.2) is 18.3 Å². The van der Waals surface area contributed by atoms with E-state index in [0.717, 1.165) is 25.7 Å². The predicted molar refractivity (Wildman–Crippen MR) is 69.6 cm³/mol. The molecular weight excluding hydrogens is 259 g/mol. The number of aliphatic hydroxyl groups is 1. The average molecular weight is 275 g/mol. The van der Waals surface area contributed by atoms with Gasteiger partial charge in [-0.25, -0.2) is 0 Å². The lowest BCUT2D eigenvalue weighted by molar-refractivity contribution is -0.0151. The monoisotopic (exact) mass is 274 g/mol. The number of hydrogen-bond acceptors (Lipinski definition) is 3. The molecule has 1 aromatic rings. The highest BCUT2D eigenvalue weighted by Crippen LogP contribution is 2.41. The molecule has 2 bridgehead atoms. The van der Waals surface area contributed by atoms with Crippen LogP contribution in [0.5, 0.6) is 0 Å². The van der Waals surface area contributed by atoms with Gasteiger partial charge < -0.3 is 10.4 Å². The van der Waals surface area contributed by atoms with Crippen molar-refractivity contribution in [3.63, 3.8) is 0 Å².